The Kier molecular flexibility index (Phi) is 3.76. The van der Waals surface area contributed by atoms with Gasteiger partial charge in [0.2, 0.25) is 0 Å². The smallest absolute Gasteiger partial charge is 0.280 e. The van der Waals surface area contributed by atoms with Crippen LogP contribution in [0.15, 0.2) is 40.2 Å². The Morgan fingerprint density at radius 3 is 2.79 bits per heavy atom. The summed E-state index contributed by atoms with van der Waals surface area (Å²) in [6, 6.07) is 9.29. The van der Waals surface area contributed by atoms with Gasteiger partial charge in [0.25, 0.3) is 5.56 Å². The molecule has 0 spiro atoms. The Balaban J connectivity index is 2.38. The van der Waals surface area contributed by atoms with Crippen molar-refractivity contribution in [1.29, 1.82) is 0 Å². The largest absolute Gasteiger partial charge is 0.375 e. The minimum atomic E-state index is -0.183. The Hall–Kier alpha value is -2.41. The predicted molar refractivity (Wildman–Crippen MR) is 78.6 cm³/mol. The monoisotopic (exact) mass is 275 g/mol. The molecular formula is C12H13N5OS. The van der Waals surface area contributed by atoms with E-state index < -0.39 is 0 Å². The highest BCUT2D eigenvalue weighted by atomic mass is 32.1. The maximum absolute atomic E-state index is 12.2. The molecule has 0 aliphatic rings. The van der Waals surface area contributed by atoms with E-state index in [0.717, 1.165) is 5.69 Å². The van der Waals surface area contributed by atoms with E-state index >= 15 is 0 Å². The van der Waals surface area contributed by atoms with Crippen molar-refractivity contribution in [1.82, 2.24) is 15.2 Å². The second kappa shape index (κ2) is 5.49. The summed E-state index contributed by atoms with van der Waals surface area (Å²) in [5.74, 6) is 0. The van der Waals surface area contributed by atoms with E-state index in [1.807, 2.05) is 30.3 Å². The fourth-order valence-electron chi connectivity index (χ4n) is 1.63. The molecule has 98 valence electrons. The number of hydrogen-bond acceptors (Lipinski definition) is 3. The zero-order valence-corrected chi connectivity index (χ0v) is 11.1. The molecule has 0 bridgehead atoms. The number of H-pyrrole nitrogens is 1. The number of nitrogens with zero attached hydrogens (tertiary/aromatic N) is 2. The highest BCUT2D eigenvalue weighted by Gasteiger charge is 2.10. The molecule has 2 aromatic rings. The van der Waals surface area contributed by atoms with Crippen LogP contribution >= 0.6 is 12.2 Å². The third-order valence-electron chi connectivity index (χ3n) is 2.50. The summed E-state index contributed by atoms with van der Waals surface area (Å²) in [5, 5.41) is 6.83. The zero-order valence-electron chi connectivity index (χ0n) is 10.3. The van der Waals surface area contributed by atoms with Gasteiger partial charge in [0.15, 0.2) is 5.11 Å². The van der Waals surface area contributed by atoms with Gasteiger partial charge in [-0.05, 0) is 31.3 Å². The normalized spacial score (nSPS) is 10.8. The minimum Gasteiger partial charge on any atom is -0.375 e. The average molecular weight is 275 g/mol. The lowest BCUT2D eigenvalue weighted by atomic mass is 10.3. The van der Waals surface area contributed by atoms with Crippen molar-refractivity contribution in [2.75, 3.05) is 0 Å². The molecule has 0 saturated heterocycles. The lowest BCUT2D eigenvalue weighted by molar-refractivity contribution is 0.835. The SMILES string of the molecule is Cc1[nH]n(-c2ccccc2)c(=O)c1/C=N/NC(N)=S. The fraction of sp³-hybridized carbons (Fsp3) is 0.0833. The Morgan fingerprint density at radius 2 is 2.16 bits per heavy atom. The van der Waals surface area contributed by atoms with Gasteiger partial charge < -0.3 is 5.73 Å². The van der Waals surface area contributed by atoms with Crippen LogP contribution in [-0.4, -0.2) is 21.1 Å². The van der Waals surface area contributed by atoms with Gasteiger partial charge in [-0.25, -0.2) is 4.68 Å². The predicted octanol–water partition coefficient (Wildman–Crippen LogP) is 0.641. The Bertz CT molecular complexity index is 671. The van der Waals surface area contributed by atoms with E-state index in [1.54, 1.807) is 6.92 Å². The van der Waals surface area contributed by atoms with E-state index in [2.05, 4.69) is 27.8 Å². The lowest BCUT2D eigenvalue weighted by Gasteiger charge is -1.99. The Morgan fingerprint density at radius 1 is 1.47 bits per heavy atom. The number of hydrogen-bond donors (Lipinski definition) is 3. The highest BCUT2D eigenvalue weighted by molar-refractivity contribution is 7.80. The number of para-hydroxylation sites is 1. The average Bonchev–Trinajstić information content (AvgIpc) is 2.67. The summed E-state index contributed by atoms with van der Waals surface area (Å²) >= 11 is 4.62. The molecule has 4 N–H and O–H groups in total. The second-order valence-electron chi connectivity index (χ2n) is 3.86. The quantitative estimate of drug-likeness (QED) is 0.436. The number of nitrogens with one attached hydrogen (secondary N) is 2. The molecule has 0 aliphatic heterocycles. The second-order valence-corrected chi connectivity index (χ2v) is 4.30. The lowest BCUT2D eigenvalue weighted by Crippen LogP contribution is -2.24. The van der Waals surface area contributed by atoms with Gasteiger partial charge in [0, 0.05) is 5.69 Å². The highest BCUT2D eigenvalue weighted by Crippen LogP contribution is 2.05. The number of hydrazone groups is 1. The molecule has 6 nitrogen and oxygen atoms in total. The van der Waals surface area contributed by atoms with Crippen molar-refractivity contribution in [3.8, 4) is 5.69 Å². The first-order chi connectivity index (χ1) is 9.09. The van der Waals surface area contributed by atoms with Crippen LogP contribution in [-0.2, 0) is 0 Å². The van der Waals surface area contributed by atoms with Crippen molar-refractivity contribution in [2.45, 2.75) is 6.92 Å². The molecule has 0 radical (unpaired) electrons. The Labute approximate surface area is 114 Å². The number of aromatic amines is 1. The van der Waals surface area contributed by atoms with Gasteiger partial charge in [-0.1, -0.05) is 18.2 Å². The summed E-state index contributed by atoms with van der Waals surface area (Å²) in [6.45, 7) is 1.79. The van der Waals surface area contributed by atoms with Crippen molar-refractivity contribution in [3.05, 3.63) is 51.9 Å². The number of aromatic nitrogens is 2. The van der Waals surface area contributed by atoms with Gasteiger partial charge in [-0.2, -0.15) is 5.10 Å². The molecule has 0 unspecified atom stereocenters. The molecule has 19 heavy (non-hydrogen) atoms. The first-order valence-corrected chi connectivity index (χ1v) is 5.96. The molecule has 1 aromatic heterocycles. The van der Waals surface area contributed by atoms with Gasteiger partial charge in [0.1, 0.15) is 0 Å². The van der Waals surface area contributed by atoms with Crippen LogP contribution < -0.4 is 16.7 Å². The van der Waals surface area contributed by atoms with Crippen LogP contribution in [0.1, 0.15) is 11.3 Å². The number of thiocarbonyl (C=S) groups is 1. The third kappa shape index (κ3) is 2.89. The number of rotatable bonds is 3. The van der Waals surface area contributed by atoms with Gasteiger partial charge >= 0.3 is 0 Å². The maximum atomic E-state index is 12.2. The van der Waals surface area contributed by atoms with Gasteiger partial charge in [-0.3, -0.25) is 15.3 Å². The molecule has 0 fully saturated rings. The van der Waals surface area contributed by atoms with Crippen LogP contribution in [0.3, 0.4) is 0 Å². The first kappa shape index (κ1) is 13.0. The van der Waals surface area contributed by atoms with E-state index in [1.165, 1.54) is 10.9 Å². The number of nitrogens with two attached hydrogens (primary N) is 1. The molecule has 0 aliphatic carbocycles. The van der Waals surface area contributed by atoms with E-state index in [4.69, 9.17) is 5.73 Å². The summed E-state index contributed by atoms with van der Waals surface area (Å²) in [5.41, 5.74) is 9.40. The first-order valence-electron chi connectivity index (χ1n) is 5.55. The van der Waals surface area contributed by atoms with Crippen molar-refractivity contribution < 1.29 is 0 Å². The topological polar surface area (TPSA) is 88.2 Å². The van der Waals surface area contributed by atoms with Gasteiger partial charge in [0.05, 0.1) is 17.5 Å². The summed E-state index contributed by atoms with van der Waals surface area (Å²) in [6.07, 6.45) is 1.40. The molecular weight excluding hydrogens is 262 g/mol. The van der Waals surface area contributed by atoms with Gasteiger partial charge in [-0.15, -0.1) is 0 Å². The molecule has 7 heteroatoms. The number of benzene rings is 1. The summed E-state index contributed by atoms with van der Waals surface area (Å²) in [7, 11) is 0. The van der Waals surface area contributed by atoms with Crippen molar-refractivity contribution in [3.63, 3.8) is 0 Å². The minimum absolute atomic E-state index is 0.0489. The summed E-state index contributed by atoms with van der Waals surface area (Å²) in [4.78, 5) is 12.2. The molecule has 1 aromatic carbocycles. The number of aryl methyl sites for hydroxylation is 1. The van der Waals surface area contributed by atoms with Crippen LogP contribution in [0.4, 0.5) is 0 Å². The summed E-state index contributed by atoms with van der Waals surface area (Å²) < 4.78 is 1.46. The standard InChI is InChI=1S/C12H13N5OS/c1-8-10(7-14-15-12(13)19)11(18)17(16-8)9-5-3-2-4-6-9/h2-7,16H,1H3,(H3,13,15,19)/b14-7+. The van der Waals surface area contributed by atoms with Crippen molar-refractivity contribution >= 4 is 23.5 Å². The molecule has 1 heterocycles. The molecule has 0 atom stereocenters. The van der Waals surface area contributed by atoms with E-state index in [0.29, 0.717) is 11.3 Å². The van der Waals surface area contributed by atoms with E-state index in [-0.39, 0.29) is 10.7 Å². The maximum Gasteiger partial charge on any atom is 0.280 e. The van der Waals surface area contributed by atoms with E-state index in [9.17, 15) is 4.79 Å². The third-order valence-corrected chi connectivity index (χ3v) is 2.59. The molecule has 0 amide bonds. The zero-order chi connectivity index (χ0) is 13.8. The van der Waals surface area contributed by atoms with Crippen LogP contribution in [0.25, 0.3) is 5.69 Å². The van der Waals surface area contributed by atoms with Crippen LogP contribution in [0, 0.1) is 6.92 Å². The van der Waals surface area contributed by atoms with Crippen LogP contribution in [0.5, 0.6) is 0 Å². The van der Waals surface area contributed by atoms with Crippen molar-refractivity contribution in [2.24, 2.45) is 10.8 Å². The van der Waals surface area contributed by atoms with Crippen LogP contribution in [0.2, 0.25) is 0 Å². The molecule has 2 rings (SSSR count). The molecule has 0 saturated carbocycles. The fourth-order valence-corrected chi connectivity index (χ4v) is 1.68.